The van der Waals surface area contributed by atoms with E-state index < -0.39 is 21.6 Å². The summed E-state index contributed by atoms with van der Waals surface area (Å²) in [6.45, 7) is 0. The van der Waals surface area contributed by atoms with Gasteiger partial charge in [-0.2, -0.15) is 0 Å². The summed E-state index contributed by atoms with van der Waals surface area (Å²) in [7, 11) is 0. The van der Waals surface area contributed by atoms with Crippen LogP contribution in [0.1, 0.15) is 0 Å². The number of hydrogen-bond acceptors (Lipinski definition) is 2. The van der Waals surface area contributed by atoms with Crippen LogP contribution in [0, 0.1) is 0 Å². The van der Waals surface area contributed by atoms with E-state index in [9.17, 15) is 0 Å². The molecule has 0 aliphatic carbocycles. The van der Waals surface area contributed by atoms with E-state index in [1.165, 1.54) is 0 Å². The molecule has 0 atom stereocenters. The molecule has 0 bridgehead atoms. The van der Waals surface area contributed by atoms with E-state index in [4.69, 9.17) is 23.0 Å². The predicted molar refractivity (Wildman–Crippen MR) is 48.6 cm³/mol. The van der Waals surface area contributed by atoms with Crippen LogP contribution >= 0.6 is 0 Å². The zero-order valence-electron chi connectivity index (χ0n) is 3.74. The van der Waals surface area contributed by atoms with E-state index >= 15 is 0 Å². The minimum absolute atomic E-state index is 0. The van der Waals surface area contributed by atoms with Crippen LogP contribution in [0.15, 0.2) is 0 Å². The SMILES string of the molecule is O.O=C(O)O.[CaH2].[CaH2].[CaH2].[O]=[Al][OH]. The summed E-state index contributed by atoms with van der Waals surface area (Å²) in [5.41, 5.74) is 0. The molecule has 0 aliphatic rings. The average Bonchev–Trinajstić information content (AvgIpc) is 1.33. The van der Waals surface area contributed by atoms with E-state index in [0.29, 0.717) is 0 Å². The summed E-state index contributed by atoms with van der Waals surface area (Å²) in [4.78, 5) is 8.56. The molecule has 0 heterocycles. The molecule has 60 valence electrons. The van der Waals surface area contributed by atoms with Crippen LogP contribution in [0.25, 0.3) is 0 Å². The molecule has 0 fully saturated rings. The third-order valence-electron chi connectivity index (χ3n) is 0. The van der Waals surface area contributed by atoms with Gasteiger partial charge in [0.15, 0.2) is 0 Å². The predicted octanol–water partition coefficient (Wildman–Crippen LogP) is -4.41. The normalized spacial score (nSPS) is 2.91. The van der Waals surface area contributed by atoms with Crippen LogP contribution in [0.3, 0.4) is 0 Å². The van der Waals surface area contributed by atoms with Crippen molar-refractivity contribution in [2.24, 2.45) is 0 Å². The first kappa shape index (κ1) is 36.8. The number of rotatable bonds is 0. The third-order valence-corrected chi connectivity index (χ3v) is 0. The van der Waals surface area contributed by atoms with E-state index in [1.807, 2.05) is 0 Å². The topological polar surface area (TPSA) is 126 Å². The van der Waals surface area contributed by atoms with Gasteiger partial charge in [0, 0.05) is 0 Å². The monoisotopic (exact) mass is 266 g/mol. The average molecular weight is 266 g/mol. The van der Waals surface area contributed by atoms with Crippen molar-refractivity contribution in [1.29, 1.82) is 0 Å². The molecule has 0 aromatic rings. The third kappa shape index (κ3) is 165. The molecule has 0 aromatic heterocycles. The molecule has 10 heteroatoms. The molecule has 5 N–H and O–H groups in total. The van der Waals surface area contributed by atoms with Crippen LogP contribution in [0.4, 0.5) is 4.79 Å². The molecule has 0 saturated heterocycles. The Morgan fingerprint density at radius 2 is 1.09 bits per heavy atom. The Labute approximate surface area is 159 Å². The minimum atomic E-state index is -1.83. The van der Waals surface area contributed by atoms with Gasteiger partial charge in [0.2, 0.25) is 0 Å². The zero-order valence-corrected chi connectivity index (χ0v) is 4.89. The van der Waals surface area contributed by atoms with Gasteiger partial charge < -0.3 is 15.7 Å². The molecule has 0 spiro atoms. The van der Waals surface area contributed by atoms with Crippen LogP contribution < -0.4 is 0 Å². The van der Waals surface area contributed by atoms with Crippen molar-refractivity contribution in [3.63, 3.8) is 0 Å². The van der Waals surface area contributed by atoms with E-state index in [-0.39, 0.29) is 119 Å². The summed E-state index contributed by atoms with van der Waals surface area (Å²) in [6, 6.07) is 0. The molecule has 0 rings (SSSR count). The second kappa shape index (κ2) is 38.0. The van der Waals surface area contributed by atoms with Gasteiger partial charge >= 0.3 is 143 Å². The molecule has 6 nitrogen and oxygen atoms in total. The van der Waals surface area contributed by atoms with Crippen molar-refractivity contribution in [2.75, 3.05) is 0 Å². The van der Waals surface area contributed by atoms with Crippen molar-refractivity contribution >= 4 is 135 Å². The fourth-order valence-corrected chi connectivity index (χ4v) is 0. The summed E-state index contributed by atoms with van der Waals surface area (Å²) in [5, 5.41) is 13.9. The first-order valence-corrected chi connectivity index (χ1v) is 2.13. The fourth-order valence-electron chi connectivity index (χ4n) is 0. The van der Waals surface area contributed by atoms with Crippen molar-refractivity contribution < 1.29 is 28.4 Å². The Hall–Kier alpha value is 3.14. The Kier molecular flexibility index (Phi) is 127. The van der Waals surface area contributed by atoms with Crippen LogP contribution in [0.2, 0.25) is 0 Å². The first-order chi connectivity index (χ1) is 3.15. The Morgan fingerprint density at radius 1 is 1.09 bits per heavy atom. The van der Waals surface area contributed by atoms with Gasteiger partial charge in [-0.25, -0.2) is 4.79 Å². The van der Waals surface area contributed by atoms with Crippen LogP contribution in [-0.4, -0.2) is 155 Å². The van der Waals surface area contributed by atoms with Gasteiger partial charge in [-0.15, -0.1) is 0 Å². The molecule has 0 amide bonds. The van der Waals surface area contributed by atoms with E-state index in [1.54, 1.807) is 0 Å². The number of carboxylic acid groups (broad SMARTS) is 2. The molecule has 0 aromatic carbocycles. The number of hydrogen-bond donors (Lipinski definition) is 3. The van der Waals surface area contributed by atoms with Crippen molar-refractivity contribution in [3.05, 3.63) is 0 Å². The van der Waals surface area contributed by atoms with Gasteiger partial charge in [0.05, 0.1) is 0 Å². The van der Waals surface area contributed by atoms with Gasteiger partial charge in [-0.3, -0.25) is 0 Å². The van der Waals surface area contributed by atoms with Gasteiger partial charge in [0.25, 0.3) is 0 Å². The van der Waals surface area contributed by atoms with Crippen molar-refractivity contribution in [1.82, 2.24) is 0 Å². The Balaban J connectivity index is -0.00000000848. The maximum absolute atomic E-state index is 8.57. The maximum atomic E-state index is 8.57. The van der Waals surface area contributed by atoms with Crippen LogP contribution in [-0.2, 0) is 3.80 Å². The van der Waals surface area contributed by atoms with E-state index in [0.717, 1.165) is 0 Å². The van der Waals surface area contributed by atoms with Gasteiger partial charge in [-0.1, -0.05) is 0 Å². The molecular formula is CH11AlCa3O6. The molecule has 0 saturated carbocycles. The molecular weight excluding hydrogens is 255 g/mol. The first-order valence-electron chi connectivity index (χ1n) is 1.15. The second-order valence-corrected chi connectivity index (χ2v) is 0.599. The Bertz CT molecular complexity index is 64.8. The summed E-state index contributed by atoms with van der Waals surface area (Å²) in [6.07, 6.45) is -1.83. The summed E-state index contributed by atoms with van der Waals surface area (Å²) in [5.74, 6) is 0. The molecule has 0 unspecified atom stereocenters. The Morgan fingerprint density at radius 3 is 1.09 bits per heavy atom. The van der Waals surface area contributed by atoms with Crippen LogP contribution in [0.5, 0.6) is 0 Å². The fraction of sp³-hybridized carbons (Fsp3) is 0. The van der Waals surface area contributed by atoms with Crippen molar-refractivity contribution in [2.45, 2.75) is 0 Å². The summed E-state index contributed by atoms with van der Waals surface area (Å²) >= 11 is -1.50. The van der Waals surface area contributed by atoms with Gasteiger partial charge in [0.1, 0.15) is 0 Å². The van der Waals surface area contributed by atoms with E-state index in [2.05, 4.69) is 0 Å². The molecule has 0 radical (unpaired) electrons. The molecule has 0 aliphatic heterocycles. The van der Waals surface area contributed by atoms with Gasteiger partial charge in [-0.05, 0) is 0 Å². The summed E-state index contributed by atoms with van der Waals surface area (Å²) < 4.78 is 15.7. The molecule has 11 heavy (non-hydrogen) atoms. The zero-order chi connectivity index (χ0) is 6.28. The van der Waals surface area contributed by atoms with Crippen molar-refractivity contribution in [3.8, 4) is 0 Å². The number of carbonyl (C=O) groups is 1. The standard InChI is InChI=1S/CH2O3.Al.3Ca.2H2O.O.6H/c2-1(3)4;;;;;;;;;;;;;/h(H2,2,3,4);;;;;2*1H2;;;;;;;/q;+1;;;;;;;;;;;;/p-1. The quantitative estimate of drug-likeness (QED) is 0.382. The second-order valence-electron chi connectivity index (χ2n) is 0.388.